The number of nitrogens with one attached hydrogen (secondary N) is 1. The average Bonchev–Trinajstić information content (AvgIpc) is 2.42. The first-order valence-electron chi connectivity index (χ1n) is 6.64. The molecule has 1 aromatic carbocycles. The van der Waals surface area contributed by atoms with Gasteiger partial charge in [0.2, 0.25) is 5.88 Å². The van der Waals surface area contributed by atoms with Gasteiger partial charge in [-0.1, -0.05) is 35.0 Å². The molecule has 0 amide bonds. The first-order valence-corrected chi connectivity index (χ1v) is 7.43. The summed E-state index contributed by atoms with van der Waals surface area (Å²) in [5.41, 5.74) is 1.10. The van der Waals surface area contributed by atoms with Crippen molar-refractivity contribution in [3.63, 3.8) is 0 Å². The van der Waals surface area contributed by atoms with Gasteiger partial charge < -0.3 is 10.1 Å². The smallest absolute Gasteiger partial charge is 0.219 e. The number of anilines is 1. The van der Waals surface area contributed by atoms with Crippen molar-refractivity contribution in [1.29, 1.82) is 0 Å². The van der Waals surface area contributed by atoms with Crippen molar-refractivity contribution in [1.82, 2.24) is 9.97 Å². The number of benzene rings is 1. The van der Waals surface area contributed by atoms with E-state index in [1.807, 2.05) is 37.3 Å². The maximum atomic E-state index is 5.74. The largest absolute Gasteiger partial charge is 0.473 e. The molecule has 0 saturated carbocycles. The third-order valence-electron chi connectivity index (χ3n) is 2.65. The second-order valence-electron chi connectivity index (χ2n) is 4.48. The first-order chi connectivity index (χ1) is 9.67. The summed E-state index contributed by atoms with van der Waals surface area (Å²) in [6, 6.07) is 9.87. The highest BCUT2D eigenvalue weighted by atomic mass is 79.9. The Bertz CT molecular complexity index is 575. The fourth-order valence-electron chi connectivity index (χ4n) is 1.74. The van der Waals surface area contributed by atoms with Crippen molar-refractivity contribution >= 4 is 21.7 Å². The van der Waals surface area contributed by atoms with Crippen LogP contribution < -0.4 is 10.1 Å². The molecule has 4 nitrogen and oxygen atoms in total. The molecule has 0 unspecified atom stereocenters. The second-order valence-corrected chi connectivity index (χ2v) is 5.40. The summed E-state index contributed by atoms with van der Waals surface area (Å²) in [5.74, 6) is 2.11. The molecule has 1 aromatic heterocycles. The summed E-state index contributed by atoms with van der Waals surface area (Å²) in [7, 11) is 0. The van der Waals surface area contributed by atoms with Gasteiger partial charge in [-0.25, -0.2) is 4.98 Å². The van der Waals surface area contributed by atoms with Gasteiger partial charge in [0.25, 0.3) is 0 Å². The summed E-state index contributed by atoms with van der Waals surface area (Å²) < 4.78 is 6.78. The Balaban J connectivity index is 2.03. The minimum Gasteiger partial charge on any atom is -0.473 e. The van der Waals surface area contributed by atoms with Crippen LogP contribution in [-0.2, 0) is 6.61 Å². The van der Waals surface area contributed by atoms with E-state index in [0.29, 0.717) is 18.3 Å². The van der Waals surface area contributed by atoms with Crippen LogP contribution in [0.15, 0.2) is 34.8 Å². The molecule has 1 heterocycles. The fraction of sp³-hybridized carbons (Fsp3) is 0.333. The van der Waals surface area contributed by atoms with Crippen LogP contribution in [0.2, 0.25) is 0 Å². The van der Waals surface area contributed by atoms with E-state index in [9.17, 15) is 0 Å². The van der Waals surface area contributed by atoms with E-state index in [4.69, 9.17) is 4.74 Å². The Labute approximate surface area is 127 Å². The van der Waals surface area contributed by atoms with Gasteiger partial charge in [-0.15, -0.1) is 0 Å². The predicted molar refractivity (Wildman–Crippen MR) is 84.0 cm³/mol. The highest BCUT2D eigenvalue weighted by Crippen LogP contribution is 2.17. The Hall–Kier alpha value is -1.62. The summed E-state index contributed by atoms with van der Waals surface area (Å²) in [6.45, 7) is 5.36. The first kappa shape index (κ1) is 14.8. The van der Waals surface area contributed by atoms with E-state index in [-0.39, 0.29) is 0 Å². The number of rotatable bonds is 6. The van der Waals surface area contributed by atoms with Crippen molar-refractivity contribution in [3.05, 3.63) is 46.2 Å². The van der Waals surface area contributed by atoms with Gasteiger partial charge in [0, 0.05) is 17.1 Å². The van der Waals surface area contributed by atoms with Crippen molar-refractivity contribution in [2.24, 2.45) is 0 Å². The molecule has 0 aliphatic carbocycles. The van der Waals surface area contributed by atoms with Crippen molar-refractivity contribution in [3.8, 4) is 5.88 Å². The molecule has 0 aliphatic rings. The third-order valence-corrected chi connectivity index (χ3v) is 3.14. The SMILES string of the molecule is CCCNc1cc(OCc2cccc(Br)c2)nc(C)n1. The number of aryl methyl sites for hydroxylation is 1. The molecule has 0 fully saturated rings. The monoisotopic (exact) mass is 335 g/mol. The minimum absolute atomic E-state index is 0.489. The van der Waals surface area contributed by atoms with Crippen molar-refractivity contribution in [2.75, 3.05) is 11.9 Å². The molecular weight excluding hydrogens is 318 g/mol. The van der Waals surface area contributed by atoms with Crippen molar-refractivity contribution < 1.29 is 4.74 Å². The molecule has 2 aromatic rings. The van der Waals surface area contributed by atoms with Crippen LogP contribution in [0.5, 0.6) is 5.88 Å². The summed E-state index contributed by atoms with van der Waals surface area (Å²) >= 11 is 3.45. The number of halogens is 1. The van der Waals surface area contributed by atoms with E-state index in [2.05, 4.69) is 38.1 Å². The second kappa shape index (κ2) is 7.24. The lowest BCUT2D eigenvalue weighted by molar-refractivity contribution is 0.292. The molecule has 106 valence electrons. The molecule has 20 heavy (non-hydrogen) atoms. The zero-order chi connectivity index (χ0) is 14.4. The van der Waals surface area contributed by atoms with Crippen LogP contribution in [0.25, 0.3) is 0 Å². The van der Waals surface area contributed by atoms with Gasteiger partial charge in [0.15, 0.2) is 0 Å². The molecule has 0 saturated heterocycles. The molecule has 1 N–H and O–H groups in total. The van der Waals surface area contributed by atoms with Gasteiger partial charge in [-0.2, -0.15) is 4.98 Å². The molecule has 0 bridgehead atoms. The van der Waals surface area contributed by atoms with Crippen molar-refractivity contribution in [2.45, 2.75) is 26.9 Å². The highest BCUT2D eigenvalue weighted by molar-refractivity contribution is 9.10. The number of hydrogen-bond acceptors (Lipinski definition) is 4. The van der Waals surface area contributed by atoms with Gasteiger partial charge in [0.1, 0.15) is 18.2 Å². The van der Waals surface area contributed by atoms with Gasteiger partial charge >= 0.3 is 0 Å². The number of nitrogens with zero attached hydrogens (tertiary/aromatic N) is 2. The normalized spacial score (nSPS) is 10.3. The Kier molecular flexibility index (Phi) is 5.35. The van der Waals surface area contributed by atoms with Gasteiger partial charge in [-0.05, 0) is 31.0 Å². The zero-order valence-electron chi connectivity index (χ0n) is 11.7. The standard InChI is InChI=1S/C15H18BrN3O/c1-3-7-17-14-9-15(19-11(2)18-14)20-10-12-5-4-6-13(16)8-12/h4-6,8-9H,3,7,10H2,1-2H3,(H,17,18,19). The lowest BCUT2D eigenvalue weighted by Gasteiger charge is -2.09. The summed E-state index contributed by atoms with van der Waals surface area (Å²) in [5, 5.41) is 3.24. The quantitative estimate of drug-likeness (QED) is 0.868. The zero-order valence-corrected chi connectivity index (χ0v) is 13.3. The molecule has 0 spiro atoms. The van der Waals surface area contributed by atoms with E-state index >= 15 is 0 Å². The number of hydrogen-bond donors (Lipinski definition) is 1. The Morgan fingerprint density at radius 1 is 1.25 bits per heavy atom. The molecule has 0 aliphatic heterocycles. The van der Waals surface area contributed by atoms with E-state index in [1.165, 1.54) is 0 Å². The molecule has 0 atom stereocenters. The van der Waals surface area contributed by atoms with Crippen LogP contribution in [0, 0.1) is 6.92 Å². The molecular formula is C15H18BrN3O. The highest BCUT2D eigenvalue weighted by Gasteiger charge is 2.03. The van der Waals surface area contributed by atoms with Gasteiger partial charge in [-0.3, -0.25) is 0 Å². The van der Waals surface area contributed by atoms with E-state index in [0.717, 1.165) is 28.8 Å². The maximum Gasteiger partial charge on any atom is 0.219 e. The number of ether oxygens (including phenoxy) is 1. The lowest BCUT2D eigenvalue weighted by atomic mass is 10.2. The van der Waals surface area contributed by atoms with E-state index < -0.39 is 0 Å². The molecule has 2 rings (SSSR count). The lowest BCUT2D eigenvalue weighted by Crippen LogP contribution is -2.05. The molecule has 0 radical (unpaired) electrons. The van der Waals surface area contributed by atoms with Crippen LogP contribution in [-0.4, -0.2) is 16.5 Å². The summed E-state index contributed by atoms with van der Waals surface area (Å²) in [4.78, 5) is 8.63. The minimum atomic E-state index is 0.489. The Morgan fingerprint density at radius 2 is 2.10 bits per heavy atom. The number of aromatic nitrogens is 2. The average molecular weight is 336 g/mol. The predicted octanol–water partition coefficient (Wildman–Crippen LogP) is 3.95. The summed E-state index contributed by atoms with van der Waals surface area (Å²) in [6.07, 6.45) is 1.05. The Morgan fingerprint density at radius 3 is 2.85 bits per heavy atom. The van der Waals surface area contributed by atoms with Crippen LogP contribution in [0.4, 0.5) is 5.82 Å². The topological polar surface area (TPSA) is 47.0 Å². The maximum absolute atomic E-state index is 5.74. The van der Waals surface area contributed by atoms with Gasteiger partial charge in [0.05, 0.1) is 0 Å². The van der Waals surface area contributed by atoms with Crippen LogP contribution in [0.1, 0.15) is 24.7 Å². The third kappa shape index (κ3) is 4.49. The van der Waals surface area contributed by atoms with E-state index in [1.54, 1.807) is 0 Å². The van der Waals surface area contributed by atoms with Crippen LogP contribution >= 0.6 is 15.9 Å². The fourth-order valence-corrected chi connectivity index (χ4v) is 2.19. The molecule has 5 heteroatoms. The van der Waals surface area contributed by atoms with Crippen LogP contribution in [0.3, 0.4) is 0 Å².